The minimum atomic E-state index is -3.79. The lowest BCUT2D eigenvalue weighted by Crippen LogP contribution is -2.10. The van der Waals surface area contributed by atoms with E-state index in [4.69, 9.17) is 11.5 Å². The minimum Gasteiger partial charge on any atom is -0.397 e. The number of aromatic nitrogens is 2. The molecule has 0 fully saturated rings. The van der Waals surface area contributed by atoms with Crippen LogP contribution < -0.4 is 16.8 Å². The molecule has 166 valence electrons. The number of carbonyl (C=O) groups excluding carboxylic acids is 1. The van der Waals surface area contributed by atoms with Gasteiger partial charge < -0.3 is 16.8 Å². The van der Waals surface area contributed by atoms with E-state index in [1.165, 1.54) is 36.7 Å². The largest absolute Gasteiger partial charge is 0.397 e. The van der Waals surface area contributed by atoms with Crippen LogP contribution >= 0.6 is 0 Å². The van der Waals surface area contributed by atoms with Crippen LogP contribution in [0.5, 0.6) is 0 Å². The quantitative estimate of drug-likeness (QED) is 0.298. The van der Waals surface area contributed by atoms with Crippen molar-refractivity contribution in [3.63, 3.8) is 0 Å². The van der Waals surface area contributed by atoms with Crippen LogP contribution in [0.25, 0.3) is 17.2 Å². The van der Waals surface area contributed by atoms with Crippen LogP contribution in [0.2, 0.25) is 0 Å². The molecular weight excluding hydrogens is 438 g/mol. The molecule has 0 aliphatic heterocycles. The van der Waals surface area contributed by atoms with E-state index in [0.29, 0.717) is 22.8 Å². The molecule has 2 aromatic carbocycles. The van der Waals surface area contributed by atoms with Crippen molar-refractivity contribution in [2.75, 3.05) is 16.8 Å². The monoisotopic (exact) mass is 459 g/mol. The molecule has 0 aliphatic rings. The second kappa shape index (κ2) is 9.01. The third-order valence-electron chi connectivity index (χ3n) is 4.89. The SMILES string of the molecule is Nc1ccc(-c2ccc(S(=O)(=O)n3ccc(/C=C/C(=O)Nc4ccccc4N)c3)cc2)cn1. The van der Waals surface area contributed by atoms with Crippen molar-refractivity contribution >= 4 is 39.2 Å². The molecule has 1 amide bonds. The Labute approximate surface area is 191 Å². The lowest BCUT2D eigenvalue weighted by Gasteiger charge is -2.07. The molecule has 4 aromatic rings. The van der Waals surface area contributed by atoms with E-state index in [1.54, 1.807) is 54.7 Å². The molecule has 4 rings (SSSR count). The maximum atomic E-state index is 13.0. The van der Waals surface area contributed by atoms with E-state index in [9.17, 15) is 13.2 Å². The Bertz CT molecular complexity index is 1420. The average Bonchev–Trinajstić information content (AvgIpc) is 3.30. The molecular formula is C24H21N5O3S. The van der Waals surface area contributed by atoms with Crippen molar-refractivity contribution in [3.8, 4) is 11.1 Å². The predicted molar refractivity (Wildman–Crippen MR) is 130 cm³/mol. The van der Waals surface area contributed by atoms with Gasteiger partial charge in [-0.25, -0.2) is 17.4 Å². The number of hydrogen-bond acceptors (Lipinski definition) is 6. The summed E-state index contributed by atoms with van der Waals surface area (Å²) < 4.78 is 27.1. The van der Waals surface area contributed by atoms with Crippen molar-refractivity contribution in [2.24, 2.45) is 0 Å². The van der Waals surface area contributed by atoms with E-state index >= 15 is 0 Å². The Morgan fingerprint density at radius 2 is 1.67 bits per heavy atom. The lowest BCUT2D eigenvalue weighted by atomic mass is 10.1. The van der Waals surface area contributed by atoms with Gasteiger partial charge >= 0.3 is 0 Å². The molecule has 5 N–H and O–H groups in total. The maximum Gasteiger partial charge on any atom is 0.267 e. The van der Waals surface area contributed by atoms with Crippen LogP contribution in [0.4, 0.5) is 17.2 Å². The third-order valence-corrected chi connectivity index (χ3v) is 6.54. The van der Waals surface area contributed by atoms with E-state index < -0.39 is 10.0 Å². The number of rotatable bonds is 6. The Morgan fingerprint density at radius 3 is 2.36 bits per heavy atom. The summed E-state index contributed by atoms with van der Waals surface area (Å²) in [6.07, 6.45) is 7.34. The normalized spacial score (nSPS) is 11.5. The topological polar surface area (TPSA) is 133 Å². The first-order valence-electron chi connectivity index (χ1n) is 9.92. The molecule has 2 heterocycles. The predicted octanol–water partition coefficient (Wildman–Crippen LogP) is 3.60. The number of nitrogens with zero attached hydrogens (tertiary/aromatic N) is 2. The maximum absolute atomic E-state index is 13.0. The van der Waals surface area contributed by atoms with Gasteiger partial charge in [0, 0.05) is 30.2 Å². The zero-order valence-corrected chi connectivity index (χ0v) is 18.2. The second-order valence-electron chi connectivity index (χ2n) is 7.19. The molecule has 8 nitrogen and oxygen atoms in total. The molecule has 2 aromatic heterocycles. The van der Waals surface area contributed by atoms with Gasteiger partial charge in [-0.15, -0.1) is 0 Å². The molecule has 0 unspecified atom stereocenters. The summed E-state index contributed by atoms with van der Waals surface area (Å²) in [5.74, 6) is 0.0355. The van der Waals surface area contributed by atoms with Gasteiger partial charge in [-0.05, 0) is 59.7 Å². The van der Waals surface area contributed by atoms with Gasteiger partial charge in [-0.3, -0.25) is 4.79 Å². The van der Waals surface area contributed by atoms with Crippen molar-refractivity contribution in [2.45, 2.75) is 4.90 Å². The summed E-state index contributed by atoms with van der Waals surface area (Å²) in [7, 11) is -3.79. The van der Waals surface area contributed by atoms with Crippen LogP contribution in [0.3, 0.4) is 0 Å². The van der Waals surface area contributed by atoms with Crippen molar-refractivity contribution in [1.29, 1.82) is 0 Å². The summed E-state index contributed by atoms with van der Waals surface area (Å²) in [5.41, 5.74) is 14.6. The number of benzene rings is 2. The molecule has 0 saturated heterocycles. The number of anilines is 3. The highest BCUT2D eigenvalue weighted by Crippen LogP contribution is 2.23. The van der Waals surface area contributed by atoms with Crippen LogP contribution in [0, 0.1) is 0 Å². The molecule has 0 atom stereocenters. The number of carbonyl (C=O) groups is 1. The van der Waals surface area contributed by atoms with E-state index in [0.717, 1.165) is 15.1 Å². The lowest BCUT2D eigenvalue weighted by molar-refractivity contribution is -0.111. The number of para-hydroxylation sites is 2. The average molecular weight is 460 g/mol. The Kier molecular flexibility index (Phi) is 5.97. The van der Waals surface area contributed by atoms with Crippen molar-refractivity contribution < 1.29 is 13.2 Å². The Morgan fingerprint density at radius 1 is 0.939 bits per heavy atom. The summed E-state index contributed by atoms with van der Waals surface area (Å²) in [5, 5.41) is 2.68. The number of pyridine rings is 1. The Balaban J connectivity index is 1.48. The molecule has 0 saturated carbocycles. The van der Waals surface area contributed by atoms with Crippen LogP contribution in [-0.2, 0) is 14.8 Å². The zero-order chi connectivity index (χ0) is 23.4. The van der Waals surface area contributed by atoms with E-state index in [1.807, 2.05) is 6.07 Å². The highest BCUT2D eigenvalue weighted by molar-refractivity contribution is 7.90. The van der Waals surface area contributed by atoms with Gasteiger partial charge in [0.15, 0.2) is 0 Å². The van der Waals surface area contributed by atoms with Gasteiger partial charge in [0.05, 0.1) is 16.3 Å². The number of hydrogen-bond donors (Lipinski definition) is 3. The zero-order valence-electron chi connectivity index (χ0n) is 17.4. The molecule has 0 bridgehead atoms. The van der Waals surface area contributed by atoms with Crippen LogP contribution in [0.15, 0.2) is 96.3 Å². The molecule has 0 aliphatic carbocycles. The number of amides is 1. The van der Waals surface area contributed by atoms with Gasteiger partial charge in [0.1, 0.15) is 5.82 Å². The molecule has 9 heteroatoms. The fourth-order valence-corrected chi connectivity index (χ4v) is 4.32. The summed E-state index contributed by atoms with van der Waals surface area (Å²) in [6, 6.07) is 18.5. The van der Waals surface area contributed by atoms with Crippen molar-refractivity contribution in [3.05, 3.63) is 97.0 Å². The van der Waals surface area contributed by atoms with E-state index in [2.05, 4.69) is 10.3 Å². The third kappa shape index (κ3) is 4.94. The summed E-state index contributed by atoms with van der Waals surface area (Å²) in [4.78, 5) is 16.3. The Hall–Kier alpha value is -4.37. The fraction of sp³-hybridized carbons (Fsp3) is 0. The first kappa shape index (κ1) is 21.8. The van der Waals surface area contributed by atoms with Gasteiger partial charge in [0.25, 0.3) is 10.0 Å². The van der Waals surface area contributed by atoms with Gasteiger partial charge in [-0.1, -0.05) is 24.3 Å². The summed E-state index contributed by atoms with van der Waals surface area (Å²) in [6.45, 7) is 0. The van der Waals surface area contributed by atoms with Crippen molar-refractivity contribution in [1.82, 2.24) is 8.96 Å². The van der Waals surface area contributed by atoms with Crippen LogP contribution in [0.1, 0.15) is 5.56 Å². The first-order chi connectivity index (χ1) is 15.8. The number of nitrogens with two attached hydrogens (primary N) is 2. The summed E-state index contributed by atoms with van der Waals surface area (Å²) >= 11 is 0. The molecule has 0 spiro atoms. The number of nitrogens with one attached hydrogen (secondary N) is 1. The highest BCUT2D eigenvalue weighted by Gasteiger charge is 2.16. The fourth-order valence-electron chi connectivity index (χ4n) is 3.11. The number of nitrogen functional groups attached to an aromatic ring is 2. The minimum absolute atomic E-state index is 0.137. The van der Waals surface area contributed by atoms with Gasteiger partial charge in [0.2, 0.25) is 5.91 Å². The standard InChI is InChI=1S/C24H21N5O3S/c25-21-3-1-2-4-22(21)28-24(30)12-5-17-13-14-29(16-17)33(31,32)20-9-6-18(7-10-20)19-8-11-23(26)27-15-19/h1-16H,25H2,(H2,26,27)(H,28,30)/b12-5+. The van der Waals surface area contributed by atoms with Crippen LogP contribution in [-0.4, -0.2) is 23.3 Å². The van der Waals surface area contributed by atoms with E-state index in [-0.39, 0.29) is 10.8 Å². The second-order valence-corrected chi connectivity index (χ2v) is 9.03. The first-order valence-corrected chi connectivity index (χ1v) is 11.4. The highest BCUT2D eigenvalue weighted by atomic mass is 32.2. The van der Waals surface area contributed by atoms with Gasteiger partial charge in [-0.2, -0.15) is 0 Å². The molecule has 33 heavy (non-hydrogen) atoms. The molecule has 0 radical (unpaired) electrons. The smallest absolute Gasteiger partial charge is 0.267 e.